The number of hydrogen-bond donors (Lipinski definition) is 0. The maximum atomic E-state index is 11.1. The molecule has 0 saturated carbocycles. The molecule has 0 unspecified atom stereocenters. The van der Waals surface area contributed by atoms with Crippen LogP contribution in [0.15, 0.2) is 36.7 Å². The van der Waals surface area contributed by atoms with Gasteiger partial charge in [0, 0.05) is 23.3 Å². The van der Waals surface area contributed by atoms with Gasteiger partial charge in [0.1, 0.15) is 13.2 Å². The summed E-state index contributed by atoms with van der Waals surface area (Å²) in [5, 5.41) is 0. The number of pyridine rings is 1. The summed E-state index contributed by atoms with van der Waals surface area (Å²) >= 11 is 0. The van der Waals surface area contributed by atoms with Gasteiger partial charge >= 0.3 is 5.97 Å². The quantitative estimate of drug-likeness (QED) is 0.425. The van der Waals surface area contributed by atoms with Crippen LogP contribution in [-0.4, -0.2) is 5.97 Å². The maximum absolute atomic E-state index is 11.1. The summed E-state index contributed by atoms with van der Waals surface area (Å²) in [4.78, 5) is 11.1. The first kappa shape index (κ1) is 11.4. The van der Waals surface area contributed by atoms with E-state index in [-0.39, 0.29) is 5.97 Å². The zero-order valence-electron chi connectivity index (χ0n) is 9.19. The van der Waals surface area contributed by atoms with E-state index in [2.05, 4.69) is 13.5 Å². The number of carbonyl (C=O) groups is 1. The van der Waals surface area contributed by atoms with Gasteiger partial charge in [-0.3, -0.25) is 0 Å². The number of hydrogen-bond acceptors (Lipinski definition) is 2. The van der Waals surface area contributed by atoms with Crippen LogP contribution in [0.3, 0.4) is 0 Å². The van der Waals surface area contributed by atoms with Gasteiger partial charge in [-0.2, -0.15) is 0 Å². The van der Waals surface area contributed by atoms with Crippen LogP contribution < -0.4 is 4.57 Å². The van der Waals surface area contributed by atoms with Crippen molar-refractivity contribution in [3.63, 3.8) is 0 Å². The van der Waals surface area contributed by atoms with Crippen molar-refractivity contribution in [1.29, 1.82) is 0 Å². The second kappa shape index (κ2) is 5.29. The van der Waals surface area contributed by atoms with Crippen LogP contribution in [0.4, 0.5) is 0 Å². The molecule has 0 amide bonds. The molecule has 80 valence electrons. The molecule has 0 aliphatic carbocycles. The van der Waals surface area contributed by atoms with Crippen LogP contribution in [0.25, 0.3) is 0 Å². The number of carbonyl (C=O) groups excluding carboxylic acids is 1. The molecule has 0 atom stereocenters. The van der Waals surface area contributed by atoms with E-state index in [1.165, 1.54) is 0 Å². The van der Waals surface area contributed by atoms with E-state index in [1.54, 1.807) is 6.92 Å². The number of esters is 1. The Morgan fingerprint density at radius 3 is 2.53 bits per heavy atom. The van der Waals surface area contributed by atoms with Crippen LogP contribution in [0, 0.1) is 0 Å². The third-order valence-corrected chi connectivity index (χ3v) is 2.04. The van der Waals surface area contributed by atoms with Gasteiger partial charge in [0.15, 0.2) is 12.4 Å². The number of nitrogens with zero attached hydrogens (tertiary/aromatic N) is 1. The van der Waals surface area contributed by atoms with Crippen molar-refractivity contribution in [3.05, 3.63) is 42.2 Å². The first-order valence-corrected chi connectivity index (χ1v) is 4.94. The average molecular weight is 206 g/mol. The Labute approximate surface area is 90.0 Å². The molecule has 0 aliphatic heterocycles. The van der Waals surface area contributed by atoms with E-state index >= 15 is 0 Å². The molecular formula is C12H16NO2+. The molecule has 1 heterocycles. The lowest BCUT2D eigenvalue weighted by Crippen LogP contribution is -2.30. The fourth-order valence-corrected chi connectivity index (χ4v) is 1.07. The molecular weight excluding hydrogens is 190 g/mol. The highest BCUT2D eigenvalue weighted by Crippen LogP contribution is 2.01. The van der Waals surface area contributed by atoms with Gasteiger partial charge in [-0.05, 0) is 13.8 Å². The van der Waals surface area contributed by atoms with E-state index in [9.17, 15) is 4.79 Å². The van der Waals surface area contributed by atoms with Crippen LogP contribution in [0.1, 0.15) is 19.4 Å². The summed E-state index contributed by atoms with van der Waals surface area (Å²) < 4.78 is 7.06. The van der Waals surface area contributed by atoms with E-state index in [0.717, 1.165) is 12.1 Å². The highest BCUT2D eigenvalue weighted by atomic mass is 16.5. The Kier molecular flexibility index (Phi) is 4.03. The van der Waals surface area contributed by atoms with Gasteiger partial charge in [-0.15, -0.1) is 0 Å². The molecule has 1 rings (SSSR count). The van der Waals surface area contributed by atoms with Crippen LogP contribution in [0.2, 0.25) is 0 Å². The lowest BCUT2D eigenvalue weighted by atomic mass is 10.3. The molecule has 0 spiro atoms. The molecule has 3 heteroatoms. The fourth-order valence-electron chi connectivity index (χ4n) is 1.07. The molecule has 0 N–H and O–H groups in total. The fraction of sp³-hybridized carbons (Fsp3) is 0.333. The predicted molar refractivity (Wildman–Crippen MR) is 56.9 cm³/mol. The summed E-state index contributed by atoms with van der Waals surface area (Å²) in [5.74, 6) is -0.345. The van der Waals surface area contributed by atoms with Crippen molar-refractivity contribution in [3.8, 4) is 0 Å². The van der Waals surface area contributed by atoms with Crippen LogP contribution >= 0.6 is 0 Å². The highest BCUT2D eigenvalue weighted by Gasteiger charge is 2.04. The Bertz CT molecular complexity index is 354. The molecule has 15 heavy (non-hydrogen) atoms. The van der Waals surface area contributed by atoms with E-state index in [0.29, 0.717) is 12.2 Å². The average Bonchev–Trinajstić information content (AvgIpc) is 2.26. The molecule has 0 bridgehead atoms. The Morgan fingerprint density at radius 1 is 1.47 bits per heavy atom. The van der Waals surface area contributed by atoms with E-state index < -0.39 is 0 Å². The van der Waals surface area contributed by atoms with Gasteiger partial charge in [0.2, 0.25) is 0 Å². The van der Waals surface area contributed by atoms with Crippen molar-refractivity contribution in [2.75, 3.05) is 0 Å². The Balaban J connectivity index is 2.51. The van der Waals surface area contributed by atoms with Crippen molar-refractivity contribution in [2.45, 2.75) is 27.0 Å². The minimum Gasteiger partial charge on any atom is -0.457 e. The lowest BCUT2D eigenvalue weighted by Gasteiger charge is -2.03. The monoisotopic (exact) mass is 206 g/mol. The number of aromatic nitrogens is 1. The summed E-state index contributed by atoms with van der Waals surface area (Å²) in [6.45, 7) is 8.46. The first-order chi connectivity index (χ1) is 7.13. The van der Waals surface area contributed by atoms with Crippen molar-refractivity contribution in [2.24, 2.45) is 0 Å². The lowest BCUT2D eigenvalue weighted by molar-refractivity contribution is -0.693. The predicted octanol–water partition coefficient (Wildman–Crippen LogP) is 1.61. The third kappa shape index (κ3) is 3.54. The second-order valence-electron chi connectivity index (χ2n) is 3.39. The third-order valence-electron chi connectivity index (χ3n) is 2.04. The van der Waals surface area contributed by atoms with Gasteiger partial charge in [0.05, 0.1) is 0 Å². The SMILES string of the molecule is C=C(C)C(=O)OCc1cc[n+](CC)cc1. The van der Waals surface area contributed by atoms with Crippen LogP contribution in [-0.2, 0) is 22.7 Å². The topological polar surface area (TPSA) is 30.2 Å². The zero-order chi connectivity index (χ0) is 11.3. The molecule has 1 aromatic heterocycles. The zero-order valence-corrected chi connectivity index (χ0v) is 9.19. The van der Waals surface area contributed by atoms with Crippen molar-refractivity contribution in [1.82, 2.24) is 0 Å². The van der Waals surface area contributed by atoms with Gasteiger partial charge in [-0.1, -0.05) is 6.58 Å². The molecule has 1 aromatic rings. The molecule has 0 radical (unpaired) electrons. The molecule has 3 nitrogen and oxygen atoms in total. The minimum absolute atomic E-state index is 0.302. The highest BCUT2D eigenvalue weighted by molar-refractivity contribution is 5.86. The summed E-state index contributed by atoms with van der Waals surface area (Å²) in [5.41, 5.74) is 1.41. The molecule has 0 aliphatic rings. The Morgan fingerprint density at radius 2 is 2.07 bits per heavy atom. The number of ether oxygens (including phenoxy) is 1. The summed E-state index contributed by atoms with van der Waals surface area (Å²) in [7, 11) is 0. The van der Waals surface area contributed by atoms with Crippen LogP contribution in [0.5, 0.6) is 0 Å². The Hall–Kier alpha value is -1.64. The second-order valence-corrected chi connectivity index (χ2v) is 3.39. The van der Waals surface area contributed by atoms with Gasteiger partial charge < -0.3 is 4.74 Å². The standard InChI is InChI=1S/C12H16NO2/c1-4-13-7-5-11(6-8-13)9-15-12(14)10(2)3/h5-8H,2,4,9H2,1,3H3/q+1. The molecule has 0 fully saturated rings. The van der Waals surface area contributed by atoms with E-state index in [4.69, 9.17) is 4.74 Å². The largest absolute Gasteiger partial charge is 0.457 e. The van der Waals surface area contributed by atoms with Crippen molar-refractivity contribution >= 4 is 5.97 Å². The molecule has 0 aromatic carbocycles. The maximum Gasteiger partial charge on any atom is 0.333 e. The summed E-state index contributed by atoms with van der Waals surface area (Å²) in [6.07, 6.45) is 3.92. The normalized spacial score (nSPS) is 9.73. The van der Waals surface area contributed by atoms with Gasteiger partial charge in [0.25, 0.3) is 0 Å². The minimum atomic E-state index is -0.345. The first-order valence-electron chi connectivity index (χ1n) is 4.94. The molecule has 0 saturated heterocycles. The summed E-state index contributed by atoms with van der Waals surface area (Å²) in [6, 6.07) is 3.88. The van der Waals surface area contributed by atoms with E-state index in [1.807, 2.05) is 29.1 Å². The number of aryl methyl sites for hydroxylation is 1. The smallest absolute Gasteiger partial charge is 0.333 e. The van der Waals surface area contributed by atoms with Crippen molar-refractivity contribution < 1.29 is 14.1 Å². The van der Waals surface area contributed by atoms with Gasteiger partial charge in [-0.25, -0.2) is 9.36 Å². The number of rotatable bonds is 4.